The van der Waals surface area contributed by atoms with E-state index in [1.54, 1.807) is 32.0 Å². The number of rotatable bonds is 11. The van der Waals surface area contributed by atoms with Crippen LogP contribution < -0.4 is 20.1 Å². The highest BCUT2D eigenvalue weighted by atomic mass is 35.5. The molecule has 5 aromatic rings. The van der Waals surface area contributed by atoms with Gasteiger partial charge >= 0.3 is 0 Å². The number of carbonyl (C=O) groups is 1. The summed E-state index contributed by atoms with van der Waals surface area (Å²) in [6, 6.07) is 24.2. The minimum Gasteiger partial charge on any atom is -0.457 e. The second-order valence-electron chi connectivity index (χ2n) is 10.1. The molecule has 0 bridgehead atoms. The standard InChI is InChI=1S/C31H30ClN5O4.ClH/c1-31(2,39)19-28(38)33-14-16-37-15-13-26-29(37)30(35-20-34-26)36-21-11-12-27(25(32)17-21)41-24-10-6-9-23(18-24)40-22-7-4-3-5-8-22;/h3-13,15,17-18,20,39H,14,16,19H2,1-2H3,(H,33,38)(H,34,35,36);1H. The van der Waals surface area contributed by atoms with E-state index >= 15 is 0 Å². The molecular formula is C31H31Cl2N5O4. The van der Waals surface area contributed by atoms with Crippen LogP contribution in [-0.4, -0.2) is 37.7 Å². The molecule has 3 N–H and O–H groups in total. The summed E-state index contributed by atoms with van der Waals surface area (Å²) in [5, 5.41) is 16.4. The molecule has 3 aromatic carbocycles. The number of fused-ring (bicyclic) bond motifs is 1. The molecule has 0 saturated heterocycles. The molecule has 0 unspecified atom stereocenters. The van der Waals surface area contributed by atoms with E-state index in [1.165, 1.54) is 6.33 Å². The average Bonchev–Trinajstić information content (AvgIpc) is 3.34. The van der Waals surface area contributed by atoms with Crippen molar-refractivity contribution in [3.8, 4) is 23.0 Å². The van der Waals surface area contributed by atoms with Gasteiger partial charge in [-0.2, -0.15) is 0 Å². The molecule has 0 atom stereocenters. The van der Waals surface area contributed by atoms with Gasteiger partial charge in [-0.15, -0.1) is 12.4 Å². The third-order valence-corrected chi connectivity index (χ3v) is 6.32. The first-order valence-electron chi connectivity index (χ1n) is 13.1. The van der Waals surface area contributed by atoms with E-state index in [0.29, 0.717) is 41.2 Å². The summed E-state index contributed by atoms with van der Waals surface area (Å²) in [6.45, 7) is 4.10. The summed E-state index contributed by atoms with van der Waals surface area (Å²) in [4.78, 5) is 20.9. The van der Waals surface area contributed by atoms with Gasteiger partial charge in [0.1, 0.15) is 34.8 Å². The first kappa shape index (κ1) is 30.6. The number of hydrogen-bond donors (Lipinski definition) is 3. The zero-order valence-electron chi connectivity index (χ0n) is 23.1. The molecule has 1 amide bonds. The quantitative estimate of drug-likeness (QED) is 0.147. The lowest BCUT2D eigenvalue weighted by Gasteiger charge is -2.16. The second-order valence-corrected chi connectivity index (χ2v) is 10.5. The molecule has 218 valence electrons. The van der Waals surface area contributed by atoms with Gasteiger partial charge < -0.3 is 29.8 Å². The normalized spacial score (nSPS) is 11.0. The van der Waals surface area contributed by atoms with Gasteiger partial charge in [-0.25, -0.2) is 9.97 Å². The monoisotopic (exact) mass is 607 g/mol. The number of aliphatic hydroxyl groups is 1. The third kappa shape index (κ3) is 8.13. The Kier molecular flexibility index (Phi) is 9.90. The molecule has 11 heteroatoms. The number of aromatic nitrogens is 3. The molecule has 2 heterocycles. The van der Waals surface area contributed by atoms with Gasteiger partial charge in [0.15, 0.2) is 5.82 Å². The van der Waals surface area contributed by atoms with Crippen molar-refractivity contribution in [1.82, 2.24) is 19.9 Å². The minimum absolute atomic E-state index is 0. The van der Waals surface area contributed by atoms with Crippen molar-refractivity contribution in [1.29, 1.82) is 0 Å². The van der Waals surface area contributed by atoms with Crippen LogP contribution in [0.5, 0.6) is 23.0 Å². The zero-order chi connectivity index (χ0) is 28.8. The SMILES string of the molecule is CC(C)(O)CC(=O)NCCn1ccc2ncnc(Nc3ccc(Oc4cccc(Oc5ccccc5)c4)c(Cl)c3)c21.Cl. The number of benzene rings is 3. The number of ether oxygens (including phenoxy) is 2. The topological polar surface area (TPSA) is 111 Å². The Morgan fingerprint density at radius 2 is 1.69 bits per heavy atom. The minimum atomic E-state index is -1.06. The van der Waals surface area contributed by atoms with Crippen LogP contribution >= 0.6 is 24.0 Å². The predicted octanol–water partition coefficient (Wildman–Crippen LogP) is 7.11. The maximum absolute atomic E-state index is 12.1. The Hall–Kier alpha value is -4.31. The van der Waals surface area contributed by atoms with Crippen molar-refractivity contribution in [2.75, 3.05) is 11.9 Å². The average molecular weight is 609 g/mol. The number of halogens is 2. The Labute approximate surface area is 254 Å². The Balaban J connectivity index is 0.00000405. The summed E-state index contributed by atoms with van der Waals surface area (Å²) in [5.41, 5.74) is 1.21. The van der Waals surface area contributed by atoms with Gasteiger partial charge in [0, 0.05) is 31.0 Å². The summed E-state index contributed by atoms with van der Waals surface area (Å²) in [5.74, 6) is 2.85. The molecule has 42 heavy (non-hydrogen) atoms. The Bertz CT molecular complexity index is 1650. The lowest BCUT2D eigenvalue weighted by atomic mass is 10.1. The summed E-state index contributed by atoms with van der Waals surface area (Å²) < 4.78 is 13.9. The number of carbonyl (C=O) groups excluding carboxylic acids is 1. The van der Waals surface area contributed by atoms with E-state index in [9.17, 15) is 9.90 Å². The molecule has 0 radical (unpaired) electrons. The fourth-order valence-corrected chi connectivity index (χ4v) is 4.45. The second kappa shape index (κ2) is 13.6. The summed E-state index contributed by atoms with van der Waals surface area (Å²) in [7, 11) is 0. The van der Waals surface area contributed by atoms with Crippen LogP contribution in [-0.2, 0) is 11.3 Å². The largest absolute Gasteiger partial charge is 0.457 e. The molecular weight excluding hydrogens is 577 g/mol. The number of amides is 1. The van der Waals surface area contributed by atoms with E-state index in [1.807, 2.05) is 71.4 Å². The van der Waals surface area contributed by atoms with Crippen molar-refractivity contribution in [2.45, 2.75) is 32.4 Å². The number of nitrogens with zero attached hydrogens (tertiary/aromatic N) is 3. The smallest absolute Gasteiger partial charge is 0.222 e. The highest BCUT2D eigenvalue weighted by Gasteiger charge is 2.18. The van der Waals surface area contributed by atoms with E-state index in [0.717, 1.165) is 22.5 Å². The highest BCUT2D eigenvalue weighted by Crippen LogP contribution is 2.35. The molecule has 2 aromatic heterocycles. The maximum Gasteiger partial charge on any atom is 0.222 e. The molecule has 0 aliphatic rings. The van der Waals surface area contributed by atoms with Crippen LogP contribution in [0.2, 0.25) is 5.02 Å². The van der Waals surface area contributed by atoms with Gasteiger partial charge in [-0.3, -0.25) is 4.79 Å². The van der Waals surface area contributed by atoms with Gasteiger partial charge in [-0.1, -0.05) is 35.9 Å². The molecule has 5 rings (SSSR count). The molecule has 0 fully saturated rings. The Morgan fingerprint density at radius 3 is 2.43 bits per heavy atom. The summed E-state index contributed by atoms with van der Waals surface area (Å²) >= 11 is 6.60. The van der Waals surface area contributed by atoms with Crippen molar-refractivity contribution in [2.24, 2.45) is 0 Å². The van der Waals surface area contributed by atoms with Gasteiger partial charge in [-0.05, 0) is 62.4 Å². The van der Waals surface area contributed by atoms with Crippen LogP contribution in [0, 0.1) is 0 Å². The lowest BCUT2D eigenvalue weighted by Crippen LogP contribution is -2.33. The molecule has 0 saturated carbocycles. The number of anilines is 2. The molecule has 0 aliphatic carbocycles. The number of hydrogen-bond acceptors (Lipinski definition) is 7. The van der Waals surface area contributed by atoms with E-state index in [2.05, 4.69) is 20.6 Å². The first-order valence-corrected chi connectivity index (χ1v) is 13.5. The van der Waals surface area contributed by atoms with Crippen molar-refractivity contribution < 1.29 is 19.4 Å². The van der Waals surface area contributed by atoms with Gasteiger partial charge in [0.2, 0.25) is 5.91 Å². The van der Waals surface area contributed by atoms with Crippen molar-refractivity contribution >= 4 is 52.5 Å². The molecule has 0 aliphatic heterocycles. The van der Waals surface area contributed by atoms with E-state index in [-0.39, 0.29) is 24.7 Å². The van der Waals surface area contributed by atoms with Gasteiger partial charge in [0.05, 0.1) is 22.6 Å². The van der Waals surface area contributed by atoms with Crippen molar-refractivity contribution in [3.63, 3.8) is 0 Å². The maximum atomic E-state index is 12.1. The molecule has 9 nitrogen and oxygen atoms in total. The van der Waals surface area contributed by atoms with E-state index in [4.69, 9.17) is 21.1 Å². The first-order chi connectivity index (χ1) is 19.7. The highest BCUT2D eigenvalue weighted by molar-refractivity contribution is 6.32. The zero-order valence-corrected chi connectivity index (χ0v) is 24.7. The van der Waals surface area contributed by atoms with Crippen LogP contribution in [0.25, 0.3) is 11.0 Å². The van der Waals surface area contributed by atoms with E-state index < -0.39 is 5.60 Å². The molecule has 0 spiro atoms. The van der Waals surface area contributed by atoms with Crippen LogP contribution in [0.1, 0.15) is 20.3 Å². The fraction of sp³-hybridized carbons (Fsp3) is 0.194. The third-order valence-electron chi connectivity index (χ3n) is 6.03. The summed E-state index contributed by atoms with van der Waals surface area (Å²) in [6.07, 6.45) is 3.42. The number of para-hydroxylation sites is 1. The Morgan fingerprint density at radius 1 is 0.952 bits per heavy atom. The van der Waals surface area contributed by atoms with Crippen molar-refractivity contribution in [3.05, 3.63) is 96.4 Å². The number of nitrogens with one attached hydrogen (secondary N) is 2. The van der Waals surface area contributed by atoms with Crippen LogP contribution in [0.3, 0.4) is 0 Å². The fourth-order valence-electron chi connectivity index (χ4n) is 4.23. The van der Waals surface area contributed by atoms with Gasteiger partial charge in [0.25, 0.3) is 0 Å². The van der Waals surface area contributed by atoms with Crippen LogP contribution in [0.4, 0.5) is 11.5 Å². The predicted molar refractivity (Wildman–Crippen MR) is 166 cm³/mol. The lowest BCUT2D eigenvalue weighted by molar-refractivity contribution is -0.124. The van der Waals surface area contributed by atoms with Crippen LogP contribution in [0.15, 0.2) is 91.4 Å².